The molecule has 0 spiro atoms. The Labute approximate surface area is 170 Å². The Morgan fingerprint density at radius 1 is 1.00 bits per heavy atom. The van der Waals surface area contributed by atoms with Crippen LogP contribution in [0.1, 0.15) is 12.0 Å². The van der Waals surface area contributed by atoms with E-state index in [9.17, 15) is 9.59 Å². The van der Waals surface area contributed by atoms with Gasteiger partial charge in [0.1, 0.15) is 0 Å². The zero-order valence-corrected chi connectivity index (χ0v) is 16.7. The number of carbonyl (C=O) groups excluding carboxylic acids is 2. The maximum Gasteiger partial charge on any atom is 0.228 e. The van der Waals surface area contributed by atoms with Crippen molar-refractivity contribution >= 4 is 29.3 Å². The number of fused-ring (bicyclic) bond motifs is 1. The SMILES string of the molecule is O=C1Nc2ccccc2SCC1CC(=O)N1CCN(Cc2ccccc2)CC1. The molecule has 0 aliphatic carbocycles. The molecule has 2 heterocycles. The summed E-state index contributed by atoms with van der Waals surface area (Å²) in [6, 6.07) is 18.2. The topological polar surface area (TPSA) is 52.7 Å². The molecule has 5 nitrogen and oxygen atoms in total. The average Bonchev–Trinajstić information content (AvgIpc) is 2.88. The molecular weight excluding hydrogens is 370 g/mol. The largest absolute Gasteiger partial charge is 0.340 e. The van der Waals surface area contributed by atoms with Gasteiger partial charge in [-0.3, -0.25) is 14.5 Å². The molecule has 1 fully saturated rings. The highest BCUT2D eigenvalue weighted by Gasteiger charge is 2.29. The number of amides is 2. The van der Waals surface area contributed by atoms with Crippen LogP contribution in [0.5, 0.6) is 0 Å². The van der Waals surface area contributed by atoms with E-state index in [0.29, 0.717) is 5.75 Å². The molecular formula is C22H25N3O2S. The van der Waals surface area contributed by atoms with E-state index < -0.39 is 0 Å². The zero-order chi connectivity index (χ0) is 19.3. The Morgan fingerprint density at radius 2 is 1.71 bits per heavy atom. The van der Waals surface area contributed by atoms with Crippen molar-refractivity contribution in [2.75, 3.05) is 37.2 Å². The van der Waals surface area contributed by atoms with E-state index in [4.69, 9.17) is 0 Å². The minimum absolute atomic E-state index is 0.0477. The van der Waals surface area contributed by atoms with Crippen LogP contribution in [0, 0.1) is 5.92 Å². The maximum atomic E-state index is 12.8. The third-order valence-corrected chi connectivity index (χ3v) is 6.59. The molecule has 1 N–H and O–H groups in total. The van der Waals surface area contributed by atoms with Gasteiger partial charge in [0.15, 0.2) is 0 Å². The number of nitrogens with zero attached hydrogens (tertiary/aromatic N) is 2. The molecule has 2 aromatic rings. The maximum absolute atomic E-state index is 12.8. The van der Waals surface area contributed by atoms with Gasteiger partial charge in [0.05, 0.1) is 11.6 Å². The van der Waals surface area contributed by atoms with Crippen molar-refractivity contribution in [2.45, 2.75) is 17.9 Å². The molecule has 0 bridgehead atoms. The van der Waals surface area contributed by atoms with Crippen LogP contribution < -0.4 is 5.32 Å². The monoisotopic (exact) mass is 395 g/mol. The van der Waals surface area contributed by atoms with Gasteiger partial charge >= 0.3 is 0 Å². The Hall–Kier alpha value is -2.31. The first-order valence-corrected chi connectivity index (χ1v) is 10.7. The van der Waals surface area contributed by atoms with Crippen LogP contribution in [-0.4, -0.2) is 53.5 Å². The van der Waals surface area contributed by atoms with Crippen LogP contribution in [0.4, 0.5) is 5.69 Å². The molecule has 28 heavy (non-hydrogen) atoms. The predicted molar refractivity (Wildman–Crippen MR) is 112 cm³/mol. The minimum Gasteiger partial charge on any atom is -0.340 e. The summed E-state index contributed by atoms with van der Waals surface area (Å²) in [5, 5.41) is 2.98. The standard InChI is InChI=1S/C22H25N3O2S/c26-21(14-18-16-28-20-9-5-4-8-19(20)23-22(18)27)25-12-10-24(11-13-25)15-17-6-2-1-3-7-17/h1-9,18H,10-16H2,(H,23,27). The highest BCUT2D eigenvalue weighted by molar-refractivity contribution is 7.99. The van der Waals surface area contributed by atoms with E-state index in [2.05, 4.69) is 34.5 Å². The molecule has 146 valence electrons. The van der Waals surface area contributed by atoms with Gasteiger partial charge in [-0.1, -0.05) is 42.5 Å². The summed E-state index contributed by atoms with van der Waals surface area (Å²) in [6.07, 6.45) is 0.283. The summed E-state index contributed by atoms with van der Waals surface area (Å²) in [6.45, 7) is 4.12. The lowest BCUT2D eigenvalue weighted by Gasteiger charge is -2.35. The summed E-state index contributed by atoms with van der Waals surface area (Å²) in [7, 11) is 0. The number of carbonyl (C=O) groups is 2. The number of nitrogens with one attached hydrogen (secondary N) is 1. The number of hydrogen-bond donors (Lipinski definition) is 1. The van der Waals surface area contributed by atoms with Crippen molar-refractivity contribution in [2.24, 2.45) is 5.92 Å². The third kappa shape index (κ3) is 4.56. The van der Waals surface area contributed by atoms with Crippen LogP contribution in [0.3, 0.4) is 0 Å². The first-order chi connectivity index (χ1) is 13.7. The van der Waals surface area contributed by atoms with Crippen molar-refractivity contribution in [1.82, 2.24) is 9.80 Å². The average molecular weight is 396 g/mol. The lowest BCUT2D eigenvalue weighted by atomic mass is 10.1. The lowest BCUT2D eigenvalue weighted by molar-refractivity contribution is -0.136. The van der Waals surface area contributed by atoms with Crippen LogP contribution in [0.25, 0.3) is 0 Å². The highest BCUT2D eigenvalue weighted by Crippen LogP contribution is 2.33. The van der Waals surface area contributed by atoms with E-state index >= 15 is 0 Å². The molecule has 1 atom stereocenters. The van der Waals surface area contributed by atoms with Gasteiger partial charge in [-0.05, 0) is 17.7 Å². The second-order valence-electron chi connectivity index (χ2n) is 7.34. The minimum atomic E-state index is -0.285. The summed E-state index contributed by atoms with van der Waals surface area (Å²) in [4.78, 5) is 30.7. The van der Waals surface area contributed by atoms with Crippen molar-refractivity contribution in [3.8, 4) is 0 Å². The summed E-state index contributed by atoms with van der Waals surface area (Å²) >= 11 is 1.65. The number of rotatable bonds is 4. The fourth-order valence-electron chi connectivity index (χ4n) is 3.69. The molecule has 1 saturated heterocycles. The second-order valence-corrected chi connectivity index (χ2v) is 8.40. The van der Waals surface area contributed by atoms with Crippen LogP contribution in [0.15, 0.2) is 59.5 Å². The Morgan fingerprint density at radius 3 is 2.50 bits per heavy atom. The summed E-state index contributed by atoms with van der Waals surface area (Å²) in [5.74, 6) is 0.398. The number of piperazine rings is 1. The number of para-hydroxylation sites is 1. The molecule has 2 aliphatic heterocycles. The smallest absolute Gasteiger partial charge is 0.228 e. The van der Waals surface area contributed by atoms with Crippen molar-refractivity contribution in [1.29, 1.82) is 0 Å². The van der Waals surface area contributed by atoms with E-state index in [0.717, 1.165) is 43.3 Å². The van der Waals surface area contributed by atoms with Gasteiger partial charge in [0, 0.05) is 49.8 Å². The van der Waals surface area contributed by atoms with Gasteiger partial charge in [0.25, 0.3) is 0 Å². The van der Waals surface area contributed by atoms with Gasteiger partial charge in [-0.25, -0.2) is 0 Å². The van der Waals surface area contributed by atoms with Crippen molar-refractivity contribution in [3.63, 3.8) is 0 Å². The molecule has 2 amide bonds. The van der Waals surface area contributed by atoms with Gasteiger partial charge in [-0.15, -0.1) is 11.8 Å². The predicted octanol–water partition coefficient (Wildman–Crippen LogP) is 3.08. The van der Waals surface area contributed by atoms with E-state index in [1.54, 1.807) is 11.8 Å². The van der Waals surface area contributed by atoms with Gasteiger partial charge in [0.2, 0.25) is 11.8 Å². The molecule has 1 unspecified atom stereocenters. The Kier molecular flexibility index (Phi) is 5.98. The number of hydrogen-bond acceptors (Lipinski definition) is 4. The molecule has 6 heteroatoms. The first-order valence-electron chi connectivity index (χ1n) is 9.76. The number of anilines is 1. The van der Waals surface area contributed by atoms with Crippen molar-refractivity contribution < 1.29 is 9.59 Å². The first kappa shape index (κ1) is 19.0. The number of benzene rings is 2. The number of thioether (sulfide) groups is 1. The normalized spacial score (nSPS) is 20.2. The molecule has 0 saturated carbocycles. The van der Waals surface area contributed by atoms with E-state index in [1.807, 2.05) is 35.2 Å². The summed E-state index contributed by atoms with van der Waals surface area (Å²) < 4.78 is 0. The van der Waals surface area contributed by atoms with Crippen LogP contribution in [0.2, 0.25) is 0 Å². The second kappa shape index (κ2) is 8.80. The van der Waals surface area contributed by atoms with Crippen LogP contribution >= 0.6 is 11.8 Å². The fourth-order valence-corrected chi connectivity index (χ4v) is 4.78. The third-order valence-electron chi connectivity index (χ3n) is 5.35. The Balaban J connectivity index is 1.28. The van der Waals surface area contributed by atoms with Crippen LogP contribution in [-0.2, 0) is 16.1 Å². The molecule has 2 aliphatic rings. The molecule has 0 radical (unpaired) electrons. The van der Waals surface area contributed by atoms with Gasteiger partial charge < -0.3 is 10.2 Å². The van der Waals surface area contributed by atoms with E-state index in [-0.39, 0.29) is 24.2 Å². The van der Waals surface area contributed by atoms with Gasteiger partial charge in [-0.2, -0.15) is 0 Å². The zero-order valence-electron chi connectivity index (χ0n) is 15.8. The molecule has 2 aromatic carbocycles. The Bertz CT molecular complexity index is 835. The quantitative estimate of drug-likeness (QED) is 0.864. The lowest BCUT2D eigenvalue weighted by Crippen LogP contribution is -2.49. The van der Waals surface area contributed by atoms with Crippen molar-refractivity contribution in [3.05, 3.63) is 60.2 Å². The highest BCUT2D eigenvalue weighted by atomic mass is 32.2. The summed E-state index contributed by atoms with van der Waals surface area (Å²) in [5.41, 5.74) is 2.15. The molecule has 0 aromatic heterocycles. The molecule has 4 rings (SSSR count). The van der Waals surface area contributed by atoms with E-state index in [1.165, 1.54) is 5.56 Å². The fraction of sp³-hybridized carbons (Fsp3) is 0.364.